The van der Waals surface area contributed by atoms with Crippen LogP contribution in [0.1, 0.15) is 6.42 Å². The zero-order valence-corrected chi connectivity index (χ0v) is 18.3. The Kier molecular flexibility index (Phi) is 6.10. The molecule has 4 rings (SSSR count). The maximum atomic E-state index is 12.5. The first kappa shape index (κ1) is 21.5. The van der Waals surface area contributed by atoms with E-state index in [0.29, 0.717) is 11.8 Å². The highest BCUT2D eigenvalue weighted by Gasteiger charge is 2.30. The molecule has 0 aromatic heterocycles. The molecule has 0 fully saturated rings. The van der Waals surface area contributed by atoms with Crippen molar-refractivity contribution in [2.24, 2.45) is 9.98 Å². The second kappa shape index (κ2) is 8.80. The third kappa shape index (κ3) is 5.31. The fourth-order valence-electron chi connectivity index (χ4n) is 3.39. The largest absolute Gasteiger partial charge is 0.478 e. The molecular weight excluding hydrogens is 440 g/mol. The van der Waals surface area contributed by atoms with Gasteiger partial charge < -0.3 is 9.47 Å². The molecule has 0 amide bonds. The zero-order chi connectivity index (χ0) is 21.9. The predicted molar refractivity (Wildman–Crippen MR) is 116 cm³/mol. The van der Waals surface area contributed by atoms with E-state index in [1.165, 1.54) is 0 Å². The molecule has 0 N–H and O–H groups in total. The van der Waals surface area contributed by atoms with Crippen LogP contribution in [0, 0.1) is 0 Å². The van der Waals surface area contributed by atoms with E-state index >= 15 is 0 Å². The number of hydrogen-bond donors (Lipinski definition) is 0. The van der Waals surface area contributed by atoms with E-state index in [1.54, 1.807) is 60.7 Å². The predicted octanol–water partition coefficient (Wildman–Crippen LogP) is 1.92. The summed E-state index contributed by atoms with van der Waals surface area (Å²) >= 11 is 0. The van der Waals surface area contributed by atoms with Crippen LogP contribution >= 0.6 is 0 Å². The molecule has 8 nitrogen and oxygen atoms in total. The zero-order valence-electron chi connectivity index (χ0n) is 16.6. The minimum Gasteiger partial charge on any atom is -0.478 e. The van der Waals surface area contributed by atoms with Crippen LogP contribution in [0.15, 0.2) is 80.4 Å². The Hall–Kier alpha value is -2.72. The van der Waals surface area contributed by atoms with Crippen molar-refractivity contribution in [2.45, 2.75) is 28.3 Å². The number of ether oxygens (including phenoxy) is 2. The van der Waals surface area contributed by atoms with E-state index < -0.39 is 31.8 Å². The van der Waals surface area contributed by atoms with Crippen LogP contribution in [0.25, 0.3) is 0 Å². The molecule has 0 saturated carbocycles. The lowest BCUT2D eigenvalue weighted by atomic mass is 10.4. The molecular formula is C21H22N2O6S2. The van der Waals surface area contributed by atoms with Crippen molar-refractivity contribution in [1.29, 1.82) is 0 Å². The molecule has 31 heavy (non-hydrogen) atoms. The highest BCUT2D eigenvalue weighted by molar-refractivity contribution is 7.91. The Morgan fingerprint density at radius 2 is 1.06 bits per heavy atom. The maximum absolute atomic E-state index is 12.5. The summed E-state index contributed by atoms with van der Waals surface area (Å²) in [6.45, 7) is 0.334. The highest BCUT2D eigenvalue weighted by Crippen LogP contribution is 2.19. The first-order chi connectivity index (χ1) is 14.8. The van der Waals surface area contributed by atoms with Crippen molar-refractivity contribution in [3.8, 4) is 0 Å². The Morgan fingerprint density at radius 3 is 1.45 bits per heavy atom. The van der Waals surface area contributed by atoms with Gasteiger partial charge in [0.2, 0.25) is 0 Å². The monoisotopic (exact) mass is 462 g/mol. The van der Waals surface area contributed by atoms with Gasteiger partial charge >= 0.3 is 0 Å². The molecule has 2 unspecified atom stereocenters. The third-order valence-electron chi connectivity index (χ3n) is 4.87. The number of nitrogens with zero attached hydrogens (tertiary/aromatic N) is 2. The summed E-state index contributed by atoms with van der Waals surface area (Å²) in [6, 6.07) is 15.4. The van der Waals surface area contributed by atoms with Gasteiger partial charge in [0, 0.05) is 0 Å². The lowest BCUT2D eigenvalue weighted by Gasteiger charge is -2.06. The van der Waals surface area contributed by atoms with Crippen molar-refractivity contribution < 1.29 is 26.3 Å². The topological polar surface area (TPSA) is 111 Å². The van der Waals surface area contributed by atoms with Gasteiger partial charge in [0.05, 0.1) is 27.7 Å². The van der Waals surface area contributed by atoms with Crippen LogP contribution in [0.3, 0.4) is 0 Å². The van der Waals surface area contributed by atoms with Gasteiger partial charge in [-0.2, -0.15) is 0 Å². The number of benzene rings is 2. The van der Waals surface area contributed by atoms with Crippen molar-refractivity contribution in [2.75, 3.05) is 24.7 Å². The summed E-state index contributed by atoms with van der Waals surface area (Å²) in [6.07, 6.45) is 0.170. The van der Waals surface area contributed by atoms with Crippen LogP contribution < -0.4 is 0 Å². The average Bonchev–Trinajstić information content (AvgIpc) is 3.38. The molecule has 10 heteroatoms. The van der Waals surface area contributed by atoms with E-state index in [9.17, 15) is 16.8 Å². The number of hydrogen-bond acceptors (Lipinski definition) is 8. The average molecular weight is 463 g/mol. The fraction of sp³-hybridized carbons (Fsp3) is 0.333. The normalized spacial score (nSPS) is 21.2. The molecule has 2 heterocycles. The van der Waals surface area contributed by atoms with Gasteiger partial charge in [-0.25, -0.2) is 26.8 Å². The van der Waals surface area contributed by atoms with Crippen LogP contribution in [-0.4, -0.2) is 65.4 Å². The molecule has 2 aromatic carbocycles. The molecule has 2 aliphatic rings. The van der Waals surface area contributed by atoms with Gasteiger partial charge in [-0.05, 0) is 24.3 Å². The Morgan fingerprint density at radius 1 is 0.677 bits per heavy atom. The van der Waals surface area contributed by atoms with Crippen LogP contribution in [-0.2, 0) is 29.1 Å². The van der Waals surface area contributed by atoms with Crippen LogP contribution in [0.2, 0.25) is 0 Å². The first-order valence-corrected chi connectivity index (χ1v) is 13.1. The summed E-state index contributed by atoms with van der Waals surface area (Å²) in [4.78, 5) is 9.20. The van der Waals surface area contributed by atoms with E-state index in [4.69, 9.17) is 9.47 Å². The van der Waals surface area contributed by atoms with E-state index in [2.05, 4.69) is 9.98 Å². The van der Waals surface area contributed by atoms with E-state index in [1.807, 2.05) is 0 Å². The summed E-state index contributed by atoms with van der Waals surface area (Å²) in [7, 11) is -6.93. The van der Waals surface area contributed by atoms with Gasteiger partial charge in [0.15, 0.2) is 31.5 Å². The van der Waals surface area contributed by atoms with Crippen LogP contribution in [0.5, 0.6) is 0 Å². The van der Waals surface area contributed by atoms with Gasteiger partial charge in [0.1, 0.15) is 25.3 Å². The molecule has 0 saturated heterocycles. The van der Waals surface area contributed by atoms with Gasteiger partial charge in [-0.3, -0.25) is 0 Å². The van der Waals surface area contributed by atoms with Crippen molar-refractivity contribution in [1.82, 2.24) is 0 Å². The molecule has 0 bridgehead atoms. The minimum atomic E-state index is -3.47. The Labute approximate surface area is 181 Å². The maximum Gasteiger partial charge on any atom is 0.193 e. The Balaban J connectivity index is 1.36. The lowest BCUT2D eigenvalue weighted by molar-refractivity contribution is 0.304. The van der Waals surface area contributed by atoms with E-state index in [-0.39, 0.29) is 40.9 Å². The number of rotatable bonds is 8. The summed E-state index contributed by atoms with van der Waals surface area (Å²) in [5.41, 5.74) is 0. The van der Waals surface area contributed by atoms with Gasteiger partial charge in [-0.1, -0.05) is 36.4 Å². The third-order valence-corrected chi connectivity index (χ3v) is 8.50. The van der Waals surface area contributed by atoms with Crippen molar-refractivity contribution >= 4 is 31.5 Å². The summed E-state index contributed by atoms with van der Waals surface area (Å²) in [5, 5.41) is 0. The summed E-state index contributed by atoms with van der Waals surface area (Å²) in [5.74, 6) is 0.398. The number of aliphatic imine (C=N–C) groups is 2. The van der Waals surface area contributed by atoms with E-state index in [0.717, 1.165) is 0 Å². The van der Waals surface area contributed by atoms with Gasteiger partial charge in [-0.15, -0.1) is 0 Å². The highest BCUT2D eigenvalue weighted by atomic mass is 32.2. The van der Waals surface area contributed by atoms with Crippen molar-refractivity contribution in [3.05, 3.63) is 60.7 Å². The second-order valence-electron chi connectivity index (χ2n) is 7.34. The standard InChI is InChI=1S/C21H22N2O6S2/c24-30(25,18-7-3-1-4-8-18)14-16-12-28-20(22-16)11-21-23-17(13-29-21)15-31(26,27)19-9-5-2-6-10-19/h1-10,16-17H,11-15H2. The summed E-state index contributed by atoms with van der Waals surface area (Å²) < 4.78 is 61.1. The smallest absolute Gasteiger partial charge is 0.193 e. The number of sulfone groups is 2. The lowest BCUT2D eigenvalue weighted by Crippen LogP contribution is -2.20. The second-order valence-corrected chi connectivity index (χ2v) is 11.4. The fourth-order valence-corrected chi connectivity index (χ4v) is 6.27. The molecule has 2 aliphatic heterocycles. The molecule has 0 radical (unpaired) electrons. The molecule has 0 aliphatic carbocycles. The quantitative estimate of drug-likeness (QED) is 0.593. The molecule has 2 aromatic rings. The minimum absolute atomic E-state index is 0.147. The van der Waals surface area contributed by atoms with Crippen molar-refractivity contribution in [3.63, 3.8) is 0 Å². The SMILES string of the molecule is O=S(=O)(CC1COC(CC2=NC(CS(=O)(=O)c3ccccc3)CO2)=N1)c1ccccc1. The van der Waals surface area contributed by atoms with Crippen LogP contribution in [0.4, 0.5) is 0 Å². The molecule has 0 spiro atoms. The van der Waals surface area contributed by atoms with Gasteiger partial charge in [0.25, 0.3) is 0 Å². The Bertz CT molecular complexity index is 1100. The first-order valence-electron chi connectivity index (χ1n) is 9.76. The molecule has 2 atom stereocenters. The molecule has 164 valence electrons.